The molecule has 0 radical (unpaired) electrons. The molecule has 2 aliphatic rings. The number of hydrogen-bond donors (Lipinski definition) is 1. The highest BCUT2D eigenvalue weighted by molar-refractivity contribution is 5.76. The van der Waals surface area contributed by atoms with Crippen molar-refractivity contribution in [1.82, 2.24) is 15.1 Å². The molecule has 2 fully saturated rings. The molecule has 0 unspecified atom stereocenters. The number of benzene rings is 1. The molecule has 1 N–H and O–H groups in total. The van der Waals surface area contributed by atoms with Crippen molar-refractivity contribution in [1.29, 1.82) is 0 Å². The highest BCUT2D eigenvalue weighted by Gasteiger charge is 2.29. The second-order valence-electron chi connectivity index (χ2n) is 6.21. The van der Waals surface area contributed by atoms with Gasteiger partial charge in [0.2, 0.25) is 5.91 Å². The van der Waals surface area contributed by atoms with Crippen molar-refractivity contribution < 1.29 is 9.18 Å². The van der Waals surface area contributed by atoms with Crippen LogP contribution in [0.3, 0.4) is 0 Å². The lowest BCUT2D eigenvalue weighted by Crippen LogP contribution is -2.47. The molecule has 3 rings (SSSR count). The summed E-state index contributed by atoms with van der Waals surface area (Å²) in [5.41, 5.74) is 1.11. The monoisotopic (exact) mass is 305 g/mol. The van der Waals surface area contributed by atoms with Crippen LogP contribution in [0.15, 0.2) is 24.3 Å². The summed E-state index contributed by atoms with van der Waals surface area (Å²) in [4.78, 5) is 16.6. The van der Waals surface area contributed by atoms with Crippen molar-refractivity contribution in [3.63, 3.8) is 0 Å². The second-order valence-corrected chi connectivity index (χ2v) is 6.21. The van der Waals surface area contributed by atoms with Crippen LogP contribution < -0.4 is 5.32 Å². The van der Waals surface area contributed by atoms with E-state index in [1.54, 1.807) is 0 Å². The van der Waals surface area contributed by atoms with E-state index in [1.165, 1.54) is 25.0 Å². The number of hydrogen-bond acceptors (Lipinski definition) is 3. The summed E-state index contributed by atoms with van der Waals surface area (Å²) in [5, 5.41) is 3.26. The van der Waals surface area contributed by atoms with Crippen molar-refractivity contribution in [2.75, 3.05) is 32.7 Å². The lowest BCUT2D eigenvalue weighted by atomic mass is 10.2. The molecule has 1 saturated heterocycles. The zero-order chi connectivity index (χ0) is 15.4. The minimum Gasteiger partial charge on any atom is -0.340 e. The van der Waals surface area contributed by atoms with Gasteiger partial charge in [-0.25, -0.2) is 4.39 Å². The van der Waals surface area contributed by atoms with Crippen LogP contribution in [0.25, 0.3) is 0 Å². The number of rotatable bonds is 6. The molecule has 1 saturated carbocycles. The molecule has 0 aromatic heterocycles. The summed E-state index contributed by atoms with van der Waals surface area (Å²) in [6.45, 7) is 5.03. The highest BCUT2D eigenvalue weighted by Crippen LogP contribution is 2.28. The summed E-state index contributed by atoms with van der Waals surface area (Å²) in [6, 6.07) is 7.28. The molecule has 1 amide bonds. The first-order valence-electron chi connectivity index (χ1n) is 8.19. The van der Waals surface area contributed by atoms with E-state index < -0.39 is 0 Å². The first kappa shape index (κ1) is 15.4. The van der Waals surface area contributed by atoms with Crippen molar-refractivity contribution in [3.8, 4) is 0 Å². The molecule has 1 aliphatic heterocycles. The van der Waals surface area contributed by atoms with Crippen LogP contribution in [-0.2, 0) is 11.3 Å². The third-order valence-electron chi connectivity index (χ3n) is 4.44. The summed E-state index contributed by atoms with van der Waals surface area (Å²) in [7, 11) is 0. The molecule has 1 aromatic rings. The average Bonchev–Trinajstić information content (AvgIpc) is 3.38. The van der Waals surface area contributed by atoms with Crippen molar-refractivity contribution >= 4 is 5.91 Å². The Labute approximate surface area is 131 Å². The average molecular weight is 305 g/mol. The summed E-state index contributed by atoms with van der Waals surface area (Å²) >= 11 is 0. The molecule has 5 heteroatoms. The van der Waals surface area contributed by atoms with E-state index in [2.05, 4.69) is 10.2 Å². The van der Waals surface area contributed by atoms with Crippen molar-refractivity contribution in [2.24, 2.45) is 0 Å². The topological polar surface area (TPSA) is 35.6 Å². The Hall–Kier alpha value is -1.46. The molecule has 0 bridgehead atoms. The van der Waals surface area contributed by atoms with Gasteiger partial charge in [0, 0.05) is 51.7 Å². The lowest BCUT2D eigenvalue weighted by Gasteiger charge is -2.29. The van der Waals surface area contributed by atoms with E-state index in [9.17, 15) is 9.18 Å². The molecule has 0 spiro atoms. The van der Waals surface area contributed by atoms with Gasteiger partial charge in [-0.1, -0.05) is 12.1 Å². The Morgan fingerprint density at radius 2 is 1.91 bits per heavy atom. The van der Waals surface area contributed by atoms with Crippen LogP contribution >= 0.6 is 0 Å². The number of amides is 1. The fourth-order valence-corrected chi connectivity index (χ4v) is 2.97. The zero-order valence-corrected chi connectivity index (χ0v) is 12.9. The van der Waals surface area contributed by atoms with Crippen molar-refractivity contribution in [3.05, 3.63) is 35.6 Å². The van der Waals surface area contributed by atoms with E-state index in [0.717, 1.165) is 44.8 Å². The van der Waals surface area contributed by atoms with Gasteiger partial charge in [0.05, 0.1) is 0 Å². The van der Waals surface area contributed by atoms with Gasteiger partial charge in [0.1, 0.15) is 5.82 Å². The van der Waals surface area contributed by atoms with Gasteiger partial charge in [0.15, 0.2) is 0 Å². The Morgan fingerprint density at radius 1 is 1.23 bits per heavy atom. The third-order valence-corrected chi connectivity index (χ3v) is 4.44. The van der Waals surface area contributed by atoms with Gasteiger partial charge >= 0.3 is 0 Å². The van der Waals surface area contributed by atoms with E-state index >= 15 is 0 Å². The summed E-state index contributed by atoms with van der Waals surface area (Å²) in [6.07, 6.45) is 3.00. The molecular weight excluding hydrogens is 281 g/mol. The van der Waals surface area contributed by atoms with Gasteiger partial charge in [-0.05, 0) is 30.5 Å². The van der Waals surface area contributed by atoms with Crippen LogP contribution in [-0.4, -0.2) is 54.5 Å². The molecule has 0 atom stereocenters. The third kappa shape index (κ3) is 4.27. The van der Waals surface area contributed by atoms with Crippen LogP contribution in [0.4, 0.5) is 4.39 Å². The predicted octanol–water partition coefficient (Wildman–Crippen LogP) is 1.61. The molecule has 22 heavy (non-hydrogen) atoms. The van der Waals surface area contributed by atoms with Gasteiger partial charge in [-0.3, -0.25) is 9.69 Å². The number of piperazine rings is 1. The maximum atomic E-state index is 13.0. The van der Waals surface area contributed by atoms with Crippen LogP contribution in [0.5, 0.6) is 0 Å². The fraction of sp³-hybridized carbons (Fsp3) is 0.588. The lowest BCUT2D eigenvalue weighted by molar-refractivity contribution is -0.132. The zero-order valence-electron chi connectivity index (χ0n) is 12.9. The first-order valence-corrected chi connectivity index (χ1v) is 8.19. The number of carbonyl (C=O) groups excluding carboxylic acids is 1. The molecule has 4 nitrogen and oxygen atoms in total. The molecule has 120 valence electrons. The number of nitrogens with zero attached hydrogens (tertiary/aromatic N) is 2. The first-order chi connectivity index (χ1) is 10.7. The van der Waals surface area contributed by atoms with Crippen LogP contribution in [0.2, 0.25) is 0 Å². The normalized spacial score (nSPS) is 18.7. The summed E-state index contributed by atoms with van der Waals surface area (Å²) in [5.74, 6) is 0.0573. The SMILES string of the molecule is O=C(CCN(Cc1ccc(F)cc1)C1CC1)N1CCNCC1. The quantitative estimate of drug-likeness (QED) is 0.867. The second kappa shape index (κ2) is 7.20. The molecule has 1 heterocycles. The highest BCUT2D eigenvalue weighted by atomic mass is 19.1. The maximum absolute atomic E-state index is 13.0. The number of halogens is 1. The van der Waals surface area contributed by atoms with E-state index in [0.29, 0.717) is 12.5 Å². The largest absolute Gasteiger partial charge is 0.340 e. The Balaban J connectivity index is 1.51. The molecule has 1 aliphatic carbocycles. The number of carbonyl (C=O) groups is 1. The standard InChI is InChI=1S/C17H24FN3O/c18-15-3-1-14(2-4-15)13-21(16-5-6-16)10-7-17(22)20-11-8-19-9-12-20/h1-4,16,19H,5-13H2. The maximum Gasteiger partial charge on any atom is 0.223 e. The van der Waals surface area contributed by atoms with Gasteiger partial charge in [0.25, 0.3) is 0 Å². The predicted molar refractivity (Wildman–Crippen MR) is 83.9 cm³/mol. The minimum atomic E-state index is -0.199. The van der Waals surface area contributed by atoms with Gasteiger partial charge in [-0.15, -0.1) is 0 Å². The van der Waals surface area contributed by atoms with Crippen LogP contribution in [0.1, 0.15) is 24.8 Å². The van der Waals surface area contributed by atoms with Crippen molar-refractivity contribution in [2.45, 2.75) is 31.8 Å². The Bertz CT molecular complexity index is 495. The summed E-state index contributed by atoms with van der Waals surface area (Å²) < 4.78 is 13.0. The molecular formula is C17H24FN3O. The van der Waals surface area contributed by atoms with E-state index in [-0.39, 0.29) is 11.7 Å². The van der Waals surface area contributed by atoms with E-state index in [4.69, 9.17) is 0 Å². The van der Waals surface area contributed by atoms with Gasteiger partial charge < -0.3 is 10.2 Å². The Morgan fingerprint density at radius 3 is 2.55 bits per heavy atom. The smallest absolute Gasteiger partial charge is 0.223 e. The van der Waals surface area contributed by atoms with Gasteiger partial charge in [-0.2, -0.15) is 0 Å². The van der Waals surface area contributed by atoms with E-state index in [1.807, 2.05) is 17.0 Å². The number of nitrogens with one attached hydrogen (secondary N) is 1. The minimum absolute atomic E-state index is 0.199. The fourth-order valence-electron chi connectivity index (χ4n) is 2.97. The van der Waals surface area contributed by atoms with Crippen LogP contribution in [0, 0.1) is 5.82 Å². The molecule has 1 aromatic carbocycles. The Kier molecular flexibility index (Phi) is 5.05.